The summed E-state index contributed by atoms with van der Waals surface area (Å²) < 4.78 is 5.30. The Balaban J connectivity index is 1.67. The highest BCUT2D eigenvalue weighted by Gasteiger charge is 1.97. The number of fused-ring (bicyclic) bond motifs is 1. The predicted octanol–water partition coefficient (Wildman–Crippen LogP) is 4.09. The van der Waals surface area contributed by atoms with E-state index < -0.39 is 0 Å². The Hall–Kier alpha value is -2.22. The molecule has 0 spiro atoms. The number of hydrogen-bond donors (Lipinski definition) is 1. The Morgan fingerprint density at radius 3 is 2.61 bits per heavy atom. The van der Waals surface area contributed by atoms with E-state index in [-0.39, 0.29) is 0 Å². The Morgan fingerprint density at radius 1 is 0.889 bits per heavy atom. The van der Waals surface area contributed by atoms with Gasteiger partial charge in [0.1, 0.15) is 5.76 Å². The van der Waals surface area contributed by atoms with Crippen LogP contribution < -0.4 is 5.32 Å². The van der Waals surface area contributed by atoms with Crippen LogP contribution in [0.25, 0.3) is 10.8 Å². The molecule has 0 radical (unpaired) electrons. The largest absolute Gasteiger partial charge is 0.469 e. The highest BCUT2D eigenvalue weighted by molar-refractivity contribution is 5.85. The highest BCUT2D eigenvalue weighted by Crippen LogP contribution is 2.18. The molecule has 3 aromatic rings. The minimum atomic E-state index is 0.881. The molecule has 18 heavy (non-hydrogen) atoms. The van der Waals surface area contributed by atoms with E-state index >= 15 is 0 Å². The topological polar surface area (TPSA) is 25.2 Å². The fourth-order valence-electron chi connectivity index (χ4n) is 2.08. The zero-order valence-electron chi connectivity index (χ0n) is 10.1. The van der Waals surface area contributed by atoms with Crippen LogP contribution >= 0.6 is 0 Å². The molecule has 0 saturated carbocycles. The smallest absolute Gasteiger partial charge is 0.105 e. The van der Waals surface area contributed by atoms with Crippen LogP contribution in [-0.4, -0.2) is 6.54 Å². The molecule has 3 rings (SSSR count). The van der Waals surface area contributed by atoms with Crippen LogP contribution in [0.15, 0.2) is 65.3 Å². The van der Waals surface area contributed by atoms with Crippen molar-refractivity contribution in [3.05, 3.63) is 66.6 Å². The molecule has 0 fully saturated rings. The number of anilines is 1. The summed E-state index contributed by atoms with van der Waals surface area (Å²) in [5.74, 6) is 1.02. The van der Waals surface area contributed by atoms with Crippen molar-refractivity contribution in [3.63, 3.8) is 0 Å². The molecule has 1 heterocycles. The molecule has 1 aromatic heterocycles. The summed E-state index contributed by atoms with van der Waals surface area (Å²) in [7, 11) is 0. The van der Waals surface area contributed by atoms with Gasteiger partial charge in [0.25, 0.3) is 0 Å². The van der Waals surface area contributed by atoms with Gasteiger partial charge in [-0.05, 0) is 35.0 Å². The summed E-state index contributed by atoms with van der Waals surface area (Å²) in [6.07, 6.45) is 2.62. The van der Waals surface area contributed by atoms with Gasteiger partial charge in [-0.2, -0.15) is 0 Å². The van der Waals surface area contributed by atoms with E-state index in [2.05, 4.69) is 47.8 Å². The molecule has 2 heteroatoms. The second-order valence-electron chi connectivity index (χ2n) is 4.32. The zero-order chi connectivity index (χ0) is 12.2. The van der Waals surface area contributed by atoms with Gasteiger partial charge in [0, 0.05) is 18.7 Å². The Morgan fingerprint density at radius 2 is 1.78 bits per heavy atom. The lowest BCUT2D eigenvalue weighted by Crippen LogP contribution is -2.03. The van der Waals surface area contributed by atoms with Crippen LogP contribution in [0.3, 0.4) is 0 Å². The standard InChI is InChI=1S/C16H15NO/c1-2-5-14-12-15(8-7-13(14)4-1)17-10-9-16-6-3-11-18-16/h1-8,11-12,17H,9-10H2. The average Bonchev–Trinajstić information content (AvgIpc) is 2.92. The highest BCUT2D eigenvalue weighted by atomic mass is 16.3. The van der Waals surface area contributed by atoms with E-state index in [0.29, 0.717) is 0 Å². The second kappa shape index (κ2) is 4.96. The lowest BCUT2D eigenvalue weighted by Gasteiger charge is -2.06. The molecule has 0 atom stereocenters. The van der Waals surface area contributed by atoms with E-state index in [0.717, 1.165) is 24.4 Å². The maximum atomic E-state index is 5.30. The molecule has 0 bridgehead atoms. The van der Waals surface area contributed by atoms with Gasteiger partial charge in [0.2, 0.25) is 0 Å². The van der Waals surface area contributed by atoms with Gasteiger partial charge in [0.15, 0.2) is 0 Å². The van der Waals surface area contributed by atoms with Gasteiger partial charge in [-0.1, -0.05) is 30.3 Å². The first-order valence-corrected chi connectivity index (χ1v) is 6.17. The van der Waals surface area contributed by atoms with Crippen molar-refractivity contribution in [2.75, 3.05) is 11.9 Å². The molecule has 90 valence electrons. The fraction of sp³-hybridized carbons (Fsp3) is 0.125. The Kier molecular flexibility index (Phi) is 3.01. The van der Waals surface area contributed by atoms with Gasteiger partial charge < -0.3 is 9.73 Å². The normalized spacial score (nSPS) is 10.7. The summed E-state index contributed by atoms with van der Waals surface area (Å²) >= 11 is 0. The number of benzene rings is 2. The summed E-state index contributed by atoms with van der Waals surface area (Å²) in [6, 6.07) is 18.7. The SMILES string of the molecule is c1coc(CCNc2ccc3ccccc3c2)c1. The van der Waals surface area contributed by atoms with E-state index in [1.165, 1.54) is 10.8 Å². The van der Waals surface area contributed by atoms with Crippen molar-refractivity contribution >= 4 is 16.5 Å². The van der Waals surface area contributed by atoms with Crippen molar-refractivity contribution in [1.29, 1.82) is 0 Å². The minimum Gasteiger partial charge on any atom is -0.469 e. The van der Waals surface area contributed by atoms with Crippen LogP contribution in [-0.2, 0) is 6.42 Å². The van der Waals surface area contributed by atoms with Crippen molar-refractivity contribution < 1.29 is 4.42 Å². The summed E-state index contributed by atoms with van der Waals surface area (Å²) in [4.78, 5) is 0. The minimum absolute atomic E-state index is 0.881. The van der Waals surface area contributed by atoms with Crippen LogP contribution in [0.5, 0.6) is 0 Å². The lowest BCUT2D eigenvalue weighted by atomic mass is 10.1. The third-order valence-electron chi connectivity index (χ3n) is 3.03. The van der Waals surface area contributed by atoms with Gasteiger partial charge in [-0.3, -0.25) is 0 Å². The monoisotopic (exact) mass is 237 g/mol. The quantitative estimate of drug-likeness (QED) is 0.739. The fourth-order valence-corrected chi connectivity index (χ4v) is 2.08. The van der Waals surface area contributed by atoms with Crippen molar-refractivity contribution in [1.82, 2.24) is 0 Å². The van der Waals surface area contributed by atoms with Gasteiger partial charge in [-0.25, -0.2) is 0 Å². The number of hydrogen-bond acceptors (Lipinski definition) is 2. The molecule has 0 saturated heterocycles. The molecule has 1 N–H and O–H groups in total. The van der Waals surface area contributed by atoms with Crippen LogP contribution in [0.2, 0.25) is 0 Å². The number of furan rings is 1. The van der Waals surface area contributed by atoms with Crippen LogP contribution in [0.4, 0.5) is 5.69 Å². The molecule has 0 aliphatic rings. The first-order valence-electron chi connectivity index (χ1n) is 6.17. The molecular formula is C16H15NO. The molecule has 0 unspecified atom stereocenters. The molecule has 0 aliphatic heterocycles. The Bertz CT molecular complexity index is 628. The van der Waals surface area contributed by atoms with Crippen molar-refractivity contribution in [3.8, 4) is 0 Å². The van der Waals surface area contributed by atoms with Crippen molar-refractivity contribution in [2.45, 2.75) is 6.42 Å². The van der Waals surface area contributed by atoms with Crippen molar-refractivity contribution in [2.24, 2.45) is 0 Å². The summed E-state index contributed by atoms with van der Waals surface area (Å²) in [5.41, 5.74) is 1.15. The van der Waals surface area contributed by atoms with Gasteiger partial charge in [-0.15, -0.1) is 0 Å². The van der Waals surface area contributed by atoms with E-state index in [1.54, 1.807) is 6.26 Å². The maximum absolute atomic E-state index is 5.30. The third-order valence-corrected chi connectivity index (χ3v) is 3.03. The molecular weight excluding hydrogens is 222 g/mol. The summed E-state index contributed by atoms with van der Waals surface area (Å²) in [5, 5.41) is 5.95. The third kappa shape index (κ3) is 2.38. The van der Waals surface area contributed by atoms with E-state index in [9.17, 15) is 0 Å². The Labute approximate surface area is 106 Å². The van der Waals surface area contributed by atoms with Crippen LogP contribution in [0.1, 0.15) is 5.76 Å². The predicted molar refractivity (Wildman–Crippen MR) is 74.8 cm³/mol. The average molecular weight is 237 g/mol. The molecule has 0 amide bonds. The van der Waals surface area contributed by atoms with Gasteiger partial charge in [0.05, 0.1) is 6.26 Å². The number of rotatable bonds is 4. The molecule has 0 aliphatic carbocycles. The van der Waals surface area contributed by atoms with Crippen LogP contribution in [0, 0.1) is 0 Å². The first kappa shape index (κ1) is 10.9. The molecule has 2 aromatic carbocycles. The first-order chi connectivity index (χ1) is 8.92. The summed E-state index contributed by atoms with van der Waals surface area (Å²) in [6.45, 7) is 0.881. The zero-order valence-corrected chi connectivity index (χ0v) is 10.1. The molecule has 2 nitrogen and oxygen atoms in total. The second-order valence-corrected chi connectivity index (χ2v) is 4.32. The van der Waals surface area contributed by atoms with E-state index in [4.69, 9.17) is 4.42 Å². The lowest BCUT2D eigenvalue weighted by molar-refractivity contribution is 0.513. The van der Waals surface area contributed by atoms with E-state index in [1.807, 2.05) is 12.1 Å². The van der Waals surface area contributed by atoms with Gasteiger partial charge >= 0.3 is 0 Å². The number of nitrogens with one attached hydrogen (secondary N) is 1. The maximum Gasteiger partial charge on any atom is 0.105 e.